The lowest BCUT2D eigenvalue weighted by molar-refractivity contribution is -0.126. The summed E-state index contributed by atoms with van der Waals surface area (Å²) in [4.78, 5) is 23.2. The molecule has 2 amide bonds. The van der Waals surface area contributed by atoms with E-state index in [0.29, 0.717) is 0 Å². The minimum absolute atomic E-state index is 0.00889. The summed E-state index contributed by atoms with van der Waals surface area (Å²) in [5, 5.41) is 25.3. The molecule has 0 radical (unpaired) electrons. The van der Waals surface area contributed by atoms with Crippen LogP contribution < -0.4 is 10.6 Å². The Labute approximate surface area is 124 Å². The molecule has 21 heavy (non-hydrogen) atoms. The fourth-order valence-corrected chi connectivity index (χ4v) is 2.42. The van der Waals surface area contributed by atoms with Crippen LogP contribution in [-0.4, -0.2) is 59.0 Å². The van der Waals surface area contributed by atoms with Crippen molar-refractivity contribution in [3.63, 3.8) is 0 Å². The van der Waals surface area contributed by atoms with Gasteiger partial charge in [-0.15, -0.1) is 0 Å². The van der Waals surface area contributed by atoms with E-state index in [1.54, 1.807) is 0 Å². The van der Waals surface area contributed by atoms with Gasteiger partial charge in [0.1, 0.15) is 18.3 Å². The standard InChI is InChI=1S/C14H24N2O5/c1-7(2)16-11(17)5-9-12(18)13(19)10(21-9)6-15-14(20)8-3-4-8/h7-10,12-13,18-19H,3-6H2,1-2H3,(H,15,20)(H,16,17). The van der Waals surface area contributed by atoms with Gasteiger partial charge in [0.15, 0.2) is 0 Å². The SMILES string of the molecule is CC(C)NC(=O)CC1OC(CNC(=O)C2CC2)C(O)C1O. The number of rotatable bonds is 6. The molecule has 2 fully saturated rings. The van der Waals surface area contributed by atoms with Crippen molar-refractivity contribution in [1.82, 2.24) is 10.6 Å². The molecule has 4 N–H and O–H groups in total. The molecule has 1 saturated heterocycles. The molecule has 2 aliphatic rings. The third kappa shape index (κ3) is 4.39. The van der Waals surface area contributed by atoms with E-state index in [0.717, 1.165) is 12.8 Å². The number of ether oxygens (including phenoxy) is 1. The lowest BCUT2D eigenvalue weighted by Crippen LogP contribution is -2.40. The van der Waals surface area contributed by atoms with Crippen molar-refractivity contribution >= 4 is 11.8 Å². The summed E-state index contributed by atoms with van der Waals surface area (Å²) in [6.45, 7) is 3.83. The van der Waals surface area contributed by atoms with Crippen LogP contribution in [0.4, 0.5) is 0 Å². The minimum atomic E-state index is -1.12. The zero-order valence-electron chi connectivity index (χ0n) is 12.4. The van der Waals surface area contributed by atoms with Gasteiger partial charge in [0.25, 0.3) is 0 Å². The van der Waals surface area contributed by atoms with Crippen LogP contribution in [0.15, 0.2) is 0 Å². The van der Waals surface area contributed by atoms with E-state index in [9.17, 15) is 19.8 Å². The number of aliphatic hydroxyl groups is 2. The van der Waals surface area contributed by atoms with Crippen LogP contribution in [0.2, 0.25) is 0 Å². The lowest BCUT2D eigenvalue weighted by Gasteiger charge is -2.15. The van der Waals surface area contributed by atoms with Crippen LogP contribution in [0.25, 0.3) is 0 Å². The van der Waals surface area contributed by atoms with Crippen molar-refractivity contribution in [2.24, 2.45) is 5.92 Å². The maximum atomic E-state index is 11.7. The Morgan fingerprint density at radius 3 is 2.38 bits per heavy atom. The van der Waals surface area contributed by atoms with Crippen LogP contribution >= 0.6 is 0 Å². The van der Waals surface area contributed by atoms with Gasteiger partial charge < -0.3 is 25.6 Å². The first kappa shape index (κ1) is 16.2. The molecule has 120 valence electrons. The normalized spacial score (nSPS) is 32.2. The van der Waals surface area contributed by atoms with Gasteiger partial charge >= 0.3 is 0 Å². The summed E-state index contributed by atoms with van der Waals surface area (Å²) in [5.74, 6) is -0.189. The molecule has 0 bridgehead atoms. The highest BCUT2D eigenvalue weighted by atomic mass is 16.5. The van der Waals surface area contributed by atoms with Crippen molar-refractivity contribution in [3.8, 4) is 0 Å². The van der Waals surface area contributed by atoms with Gasteiger partial charge in [0, 0.05) is 18.5 Å². The molecule has 1 heterocycles. The fourth-order valence-electron chi connectivity index (χ4n) is 2.42. The smallest absolute Gasteiger partial charge is 0.223 e. The second kappa shape index (κ2) is 6.72. The molecule has 7 nitrogen and oxygen atoms in total. The van der Waals surface area contributed by atoms with Crippen LogP contribution in [0, 0.1) is 5.92 Å². The number of hydrogen-bond donors (Lipinski definition) is 4. The van der Waals surface area contributed by atoms with E-state index in [1.807, 2.05) is 13.8 Å². The Hall–Kier alpha value is -1.18. The summed E-state index contributed by atoms with van der Waals surface area (Å²) in [7, 11) is 0. The van der Waals surface area contributed by atoms with E-state index >= 15 is 0 Å². The summed E-state index contributed by atoms with van der Waals surface area (Å²) >= 11 is 0. The number of hydrogen-bond acceptors (Lipinski definition) is 5. The average molecular weight is 300 g/mol. The quantitative estimate of drug-likeness (QED) is 0.499. The van der Waals surface area contributed by atoms with Gasteiger partial charge in [0.05, 0.1) is 12.5 Å². The molecule has 7 heteroatoms. The van der Waals surface area contributed by atoms with Gasteiger partial charge in [-0.25, -0.2) is 0 Å². The Morgan fingerprint density at radius 2 is 1.81 bits per heavy atom. The Bertz CT molecular complexity index is 397. The zero-order chi connectivity index (χ0) is 15.6. The van der Waals surface area contributed by atoms with Gasteiger partial charge in [-0.1, -0.05) is 0 Å². The third-order valence-corrected chi connectivity index (χ3v) is 3.72. The van der Waals surface area contributed by atoms with E-state index in [-0.39, 0.29) is 36.7 Å². The number of aliphatic hydroxyl groups excluding tert-OH is 2. The average Bonchev–Trinajstić information content (AvgIpc) is 3.20. The third-order valence-electron chi connectivity index (χ3n) is 3.72. The molecule has 1 saturated carbocycles. The summed E-state index contributed by atoms with van der Waals surface area (Å²) in [6, 6.07) is 0.00889. The first-order valence-corrected chi connectivity index (χ1v) is 7.47. The topological polar surface area (TPSA) is 108 Å². The fraction of sp³-hybridized carbons (Fsp3) is 0.857. The molecule has 0 aromatic heterocycles. The largest absolute Gasteiger partial charge is 0.388 e. The highest BCUT2D eigenvalue weighted by molar-refractivity contribution is 5.80. The summed E-state index contributed by atoms with van der Waals surface area (Å²) in [5.41, 5.74) is 0. The molecule has 0 spiro atoms. The molecule has 2 rings (SSSR count). The number of carbonyl (C=O) groups is 2. The minimum Gasteiger partial charge on any atom is -0.388 e. The second-order valence-electron chi connectivity index (χ2n) is 6.14. The number of amides is 2. The van der Waals surface area contributed by atoms with Crippen molar-refractivity contribution in [3.05, 3.63) is 0 Å². The predicted molar refractivity (Wildman–Crippen MR) is 74.3 cm³/mol. The Kier molecular flexibility index (Phi) is 5.18. The van der Waals surface area contributed by atoms with E-state index in [2.05, 4.69) is 10.6 Å². The predicted octanol–water partition coefficient (Wildman–Crippen LogP) is -1.08. The Balaban J connectivity index is 1.79. The maximum Gasteiger partial charge on any atom is 0.223 e. The maximum absolute atomic E-state index is 11.7. The van der Waals surface area contributed by atoms with Gasteiger partial charge in [0.2, 0.25) is 11.8 Å². The molecular weight excluding hydrogens is 276 g/mol. The molecular formula is C14H24N2O5. The molecule has 1 aliphatic heterocycles. The molecule has 0 aromatic rings. The van der Waals surface area contributed by atoms with Gasteiger partial charge in [-0.05, 0) is 26.7 Å². The molecule has 4 atom stereocenters. The zero-order valence-corrected chi connectivity index (χ0v) is 12.4. The van der Waals surface area contributed by atoms with Crippen LogP contribution in [-0.2, 0) is 14.3 Å². The number of nitrogens with one attached hydrogen (secondary N) is 2. The highest BCUT2D eigenvalue weighted by Gasteiger charge is 2.43. The van der Waals surface area contributed by atoms with Crippen LogP contribution in [0.1, 0.15) is 33.1 Å². The van der Waals surface area contributed by atoms with Crippen LogP contribution in [0.3, 0.4) is 0 Å². The van der Waals surface area contributed by atoms with Crippen LogP contribution in [0.5, 0.6) is 0 Å². The monoisotopic (exact) mass is 300 g/mol. The van der Waals surface area contributed by atoms with Crippen molar-refractivity contribution in [1.29, 1.82) is 0 Å². The molecule has 0 aromatic carbocycles. The highest BCUT2D eigenvalue weighted by Crippen LogP contribution is 2.29. The van der Waals surface area contributed by atoms with Gasteiger partial charge in [-0.2, -0.15) is 0 Å². The first-order chi connectivity index (χ1) is 9.88. The van der Waals surface area contributed by atoms with Crippen molar-refractivity contribution < 1.29 is 24.5 Å². The van der Waals surface area contributed by atoms with E-state index in [1.165, 1.54) is 0 Å². The lowest BCUT2D eigenvalue weighted by atomic mass is 10.1. The molecule has 1 aliphatic carbocycles. The van der Waals surface area contributed by atoms with Crippen molar-refractivity contribution in [2.75, 3.05) is 6.54 Å². The molecule has 4 unspecified atom stereocenters. The van der Waals surface area contributed by atoms with E-state index < -0.39 is 24.4 Å². The first-order valence-electron chi connectivity index (χ1n) is 7.47. The number of carbonyl (C=O) groups excluding carboxylic acids is 2. The summed E-state index contributed by atoms with van der Waals surface area (Å²) < 4.78 is 5.51. The Morgan fingerprint density at radius 1 is 1.19 bits per heavy atom. The van der Waals surface area contributed by atoms with E-state index in [4.69, 9.17) is 4.74 Å². The summed E-state index contributed by atoms with van der Waals surface area (Å²) in [6.07, 6.45) is -1.85. The second-order valence-corrected chi connectivity index (χ2v) is 6.14. The van der Waals surface area contributed by atoms with Crippen molar-refractivity contribution in [2.45, 2.75) is 63.6 Å². The van der Waals surface area contributed by atoms with Gasteiger partial charge in [-0.3, -0.25) is 9.59 Å².